The van der Waals surface area contributed by atoms with Crippen molar-refractivity contribution in [2.45, 2.75) is 18.7 Å². The van der Waals surface area contributed by atoms with Crippen molar-refractivity contribution < 1.29 is 13.2 Å². The van der Waals surface area contributed by atoms with Gasteiger partial charge in [-0.15, -0.1) is 0 Å². The zero-order valence-corrected chi connectivity index (χ0v) is 12.4. The predicted octanol–water partition coefficient (Wildman–Crippen LogP) is 0.845. The monoisotopic (exact) mass is 295 g/mol. The minimum Gasteiger partial charge on any atom is -0.370 e. The lowest BCUT2D eigenvalue weighted by molar-refractivity contribution is 0.100. The van der Waals surface area contributed by atoms with Crippen molar-refractivity contribution >= 4 is 27.8 Å². The fourth-order valence-electron chi connectivity index (χ4n) is 1.75. The van der Waals surface area contributed by atoms with E-state index in [0.29, 0.717) is 11.1 Å². The molecule has 1 aromatic rings. The summed E-state index contributed by atoms with van der Waals surface area (Å²) >= 11 is 0. The van der Waals surface area contributed by atoms with Crippen LogP contribution in [0.4, 0.5) is 0 Å². The third-order valence-electron chi connectivity index (χ3n) is 2.56. The summed E-state index contributed by atoms with van der Waals surface area (Å²) < 4.78 is 23.6. The number of aliphatic imine (C=N–C) groups is 1. The van der Waals surface area contributed by atoms with Crippen LogP contribution in [0.1, 0.15) is 28.4 Å². The van der Waals surface area contributed by atoms with Crippen LogP contribution in [0.25, 0.3) is 6.08 Å². The minimum absolute atomic E-state index is 0.0651. The Labute approximate surface area is 118 Å². The smallest absolute Gasteiger partial charge is 0.280 e. The van der Waals surface area contributed by atoms with Crippen molar-refractivity contribution in [3.8, 4) is 0 Å². The molecule has 4 N–H and O–H groups in total. The molecule has 0 aliphatic heterocycles. The summed E-state index contributed by atoms with van der Waals surface area (Å²) in [5.74, 6) is -1.03. The molecule has 0 spiro atoms. The Hall–Kier alpha value is -2.15. The molecule has 7 heteroatoms. The molecule has 1 aromatic carbocycles. The summed E-state index contributed by atoms with van der Waals surface area (Å²) in [6, 6.07) is 2.92. The number of aryl methyl sites for hydroxylation is 1. The summed E-state index contributed by atoms with van der Waals surface area (Å²) in [6.45, 7) is 3.47. The topological polar surface area (TPSA) is 116 Å². The second kappa shape index (κ2) is 5.87. The first-order valence-electron chi connectivity index (χ1n) is 5.78. The first kappa shape index (κ1) is 15.9. The van der Waals surface area contributed by atoms with Gasteiger partial charge in [0, 0.05) is 11.8 Å². The third kappa shape index (κ3) is 3.67. The molecule has 0 aliphatic rings. The molecule has 1 amide bonds. The van der Waals surface area contributed by atoms with Crippen molar-refractivity contribution in [2.24, 2.45) is 16.5 Å². The van der Waals surface area contributed by atoms with Crippen LogP contribution >= 0.6 is 0 Å². The maximum absolute atomic E-state index is 11.9. The van der Waals surface area contributed by atoms with E-state index < -0.39 is 15.7 Å². The van der Waals surface area contributed by atoms with Gasteiger partial charge in [0.25, 0.3) is 5.91 Å². The van der Waals surface area contributed by atoms with Gasteiger partial charge in [0.1, 0.15) is 0 Å². The number of guanidine groups is 1. The number of carbonyl (C=O) groups is 1. The average molecular weight is 295 g/mol. The number of nitrogens with zero attached hydrogens (tertiary/aromatic N) is 1. The number of allylic oxidation sites excluding steroid dienone is 1. The number of sulfone groups is 1. The molecular weight excluding hydrogens is 278 g/mol. The Bertz CT molecular complexity index is 700. The summed E-state index contributed by atoms with van der Waals surface area (Å²) in [5, 5.41) is 0. The number of nitrogens with two attached hydrogens (primary N) is 2. The first-order chi connectivity index (χ1) is 9.16. The van der Waals surface area contributed by atoms with Crippen LogP contribution in [0.15, 0.2) is 28.1 Å². The predicted molar refractivity (Wildman–Crippen MR) is 79.1 cm³/mol. The highest BCUT2D eigenvalue weighted by Crippen LogP contribution is 2.23. The van der Waals surface area contributed by atoms with Gasteiger partial charge in [-0.1, -0.05) is 12.2 Å². The van der Waals surface area contributed by atoms with Gasteiger partial charge in [0.15, 0.2) is 15.8 Å². The number of benzene rings is 1. The molecular formula is C13H17N3O3S. The Balaban J connectivity index is 3.59. The van der Waals surface area contributed by atoms with Gasteiger partial charge in [-0.25, -0.2) is 8.42 Å². The van der Waals surface area contributed by atoms with E-state index in [2.05, 4.69) is 4.99 Å². The van der Waals surface area contributed by atoms with E-state index in [-0.39, 0.29) is 16.4 Å². The summed E-state index contributed by atoms with van der Waals surface area (Å²) in [7, 11) is -3.47. The lowest BCUT2D eigenvalue weighted by atomic mass is 10.0. The van der Waals surface area contributed by atoms with Gasteiger partial charge in [-0.2, -0.15) is 4.99 Å². The molecule has 20 heavy (non-hydrogen) atoms. The van der Waals surface area contributed by atoms with Crippen LogP contribution in [0.3, 0.4) is 0 Å². The SMILES string of the molecule is C/C=C/c1cc(C)c(C(=O)N=C(N)N)cc1S(C)(=O)=O. The molecule has 0 heterocycles. The summed E-state index contributed by atoms with van der Waals surface area (Å²) in [4.78, 5) is 15.4. The second-order valence-electron chi connectivity index (χ2n) is 4.32. The molecule has 0 saturated carbocycles. The van der Waals surface area contributed by atoms with Crippen molar-refractivity contribution in [3.05, 3.63) is 34.9 Å². The van der Waals surface area contributed by atoms with E-state index in [9.17, 15) is 13.2 Å². The highest BCUT2D eigenvalue weighted by Gasteiger charge is 2.18. The molecule has 0 atom stereocenters. The van der Waals surface area contributed by atoms with E-state index in [1.807, 2.05) is 0 Å². The number of hydrogen-bond donors (Lipinski definition) is 2. The van der Waals surface area contributed by atoms with Crippen LogP contribution in [0.2, 0.25) is 0 Å². The Morgan fingerprint density at radius 2 is 1.90 bits per heavy atom. The molecule has 6 nitrogen and oxygen atoms in total. The van der Waals surface area contributed by atoms with Crippen molar-refractivity contribution in [1.82, 2.24) is 0 Å². The minimum atomic E-state index is -3.47. The van der Waals surface area contributed by atoms with Gasteiger partial charge in [0.2, 0.25) is 0 Å². The Kier molecular flexibility index (Phi) is 4.67. The van der Waals surface area contributed by atoms with Crippen molar-refractivity contribution in [3.63, 3.8) is 0 Å². The van der Waals surface area contributed by atoms with Gasteiger partial charge in [-0.05, 0) is 37.1 Å². The molecule has 0 aromatic heterocycles. The number of amides is 1. The van der Waals surface area contributed by atoms with E-state index in [1.54, 1.807) is 32.1 Å². The molecule has 108 valence electrons. The average Bonchev–Trinajstić information content (AvgIpc) is 2.26. The van der Waals surface area contributed by atoms with E-state index in [1.165, 1.54) is 6.07 Å². The molecule has 0 saturated heterocycles. The van der Waals surface area contributed by atoms with Crippen LogP contribution in [-0.2, 0) is 9.84 Å². The Morgan fingerprint density at radius 1 is 1.30 bits per heavy atom. The highest BCUT2D eigenvalue weighted by atomic mass is 32.2. The van der Waals surface area contributed by atoms with E-state index in [4.69, 9.17) is 11.5 Å². The molecule has 0 aliphatic carbocycles. The fraction of sp³-hybridized carbons (Fsp3) is 0.231. The first-order valence-corrected chi connectivity index (χ1v) is 7.67. The third-order valence-corrected chi connectivity index (χ3v) is 3.72. The van der Waals surface area contributed by atoms with Crippen LogP contribution in [0.5, 0.6) is 0 Å². The van der Waals surface area contributed by atoms with Gasteiger partial charge >= 0.3 is 0 Å². The molecule has 1 rings (SSSR count). The molecule has 0 radical (unpaired) electrons. The molecule has 0 fully saturated rings. The number of hydrogen-bond acceptors (Lipinski definition) is 3. The zero-order valence-electron chi connectivity index (χ0n) is 11.5. The Morgan fingerprint density at radius 3 is 2.35 bits per heavy atom. The summed E-state index contributed by atoms with van der Waals surface area (Å²) in [5.41, 5.74) is 11.6. The maximum Gasteiger partial charge on any atom is 0.280 e. The summed E-state index contributed by atoms with van der Waals surface area (Å²) in [6.07, 6.45) is 4.47. The fourth-order valence-corrected chi connectivity index (χ4v) is 2.64. The number of carbonyl (C=O) groups excluding carboxylic acids is 1. The van der Waals surface area contributed by atoms with E-state index >= 15 is 0 Å². The van der Waals surface area contributed by atoms with Gasteiger partial charge < -0.3 is 11.5 Å². The normalized spacial score (nSPS) is 11.6. The number of rotatable bonds is 3. The second-order valence-corrected chi connectivity index (χ2v) is 6.30. The van der Waals surface area contributed by atoms with Crippen LogP contribution in [-0.4, -0.2) is 26.5 Å². The maximum atomic E-state index is 11.9. The largest absolute Gasteiger partial charge is 0.370 e. The highest BCUT2D eigenvalue weighted by molar-refractivity contribution is 7.90. The van der Waals surface area contributed by atoms with Crippen LogP contribution in [0, 0.1) is 6.92 Å². The van der Waals surface area contributed by atoms with Gasteiger partial charge in [-0.3, -0.25) is 4.79 Å². The van der Waals surface area contributed by atoms with Crippen molar-refractivity contribution in [2.75, 3.05) is 6.26 Å². The lowest BCUT2D eigenvalue weighted by Gasteiger charge is -2.09. The standard InChI is InChI=1S/C13H17N3O3S/c1-4-5-9-6-8(2)10(12(17)16-13(14)15)7-11(9)20(3,18)19/h4-7H,1-3H3,(H4,14,15,16,17)/b5-4+. The quantitative estimate of drug-likeness (QED) is 0.633. The zero-order chi connectivity index (χ0) is 15.5. The lowest BCUT2D eigenvalue weighted by Crippen LogP contribution is -2.24. The van der Waals surface area contributed by atoms with Crippen molar-refractivity contribution in [1.29, 1.82) is 0 Å². The molecule has 0 unspecified atom stereocenters. The van der Waals surface area contributed by atoms with Crippen LogP contribution < -0.4 is 11.5 Å². The molecule has 0 bridgehead atoms. The van der Waals surface area contributed by atoms with Gasteiger partial charge in [0.05, 0.1) is 4.90 Å². The van der Waals surface area contributed by atoms with E-state index in [0.717, 1.165) is 6.26 Å².